The van der Waals surface area contributed by atoms with Crippen molar-refractivity contribution in [3.63, 3.8) is 0 Å². The Morgan fingerprint density at radius 1 is 1.43 bits per heavy atom. The second-order valence-corrected chi connectivity index (χ2v) is 3.72. The van der Waals surface area contributed by atoms with Crippen molar-refractivity contribution >= 4 is 5.97 Å². The van der Waals surface area contributed by atoms with E-state index in [1.807, 2.05) is 12.1 Å². The van der Waals surface area contributed by atoms with Gasteiger partial charge < -0.3 is 5.11 Å². The molecule has 1 aromatic rings. The molecule has 1 aromatic heterocycles. The largest absolute Gasteiger partial charge is 0.481 e. The highest BCUT2D eigenvalue weighted by molar-refractivity contribution is 5.70. The van der Waals surface area contributed by atoms with E-state index in [1.165, 1.54) is 5.56 Å². The molecule has 0 radical (unpaired) electrons. The zero-order valence-electron chi connectivity index (χ0n) is 7.94. The fourth-order valence-corrected chi connectivity index (χ4v) is 1.96. The Kier molecular flexibility index (Phi) is 2.48. The first-order valence-corrected chi connectivity index (χ1v) is 4.93. The van der Waals surface area contributed by atoms with Crippen LogP contribution in [0.4, 0.5) is 0 Å². The minimum atomic E-state index is -0.669. The molecule has 1 N–H and O–H groups in total. The summed E-state index contributed by atoms with van der Waals surface area (Å²) in [5.41, 5.74) is 2.30. The summed E-state index contributed by atoms with van der Waals surface area (Å²) >= 11 is 0. The number of hydrogen-bond acceptors (Lipinski definition) is 2. The van der Waals surface area contributed by atoms with Gasteiger partial charge in [-0.1, -0.05) is 6.07 Å². The van der Waals surface area contributed by atoms with Crippen LogP contribution in [0.2, 0.25) is 0 Å². The van der Waals surface area contributed by atoms with Crippen molar-refractivity contribution in [2.45, 2.75) is 25.7 Å². The number of nitrogens with zero attached hydrogens (tertiary/aromatic N) is 1. The minimum absolute atomic E-state index is 0.191. The standard InChI is InChI=1S/C11H13NO2/c13-11(14)9-4-3-8-2-1-7-12-10(8)6-5-9/h1-2,7,9H,3-6H2,(H,13,14)/t9-/m0/s1. The summed E-state index contributed by atoms with van der Waals surface area (Å²) in [6, 6.07) is 3.96. The van der Waals surface area contributed by atoms with Crippen LogP contribution in [0.25, 0.3) is 0 Å². The van der Waals surface area contributed by atoms with Crippen LogP contribution in [0.3, 0.4) is 0 Å². The predicted octanol–water partition coefficient (Wildman–Crippen LogP) is 1.66. The summed E-state index contributed by atoms with van der Waals surface area (Å²) in [5.74, 6) is -0.859. The first-order chi connectivity index (χ1) is 6.77. The average Bonchev–Trinajstić information content (AvgIpc) is 2.39. The number of carbonyl (C=O) groups is 1. The molecule has 3 heteroatoms. The molecule has 0 bridgehead atoms. The molecule has 0 saturated heterocycles. The summed E-state index contributed by atoms with van der Waals surface area (Å²) < 4.78 is 0. The third-order valence-electron chi connectivity index (χ3n) is 2.83. The first-order valence-electron chi connectivity index (χ1n) is 4.93. The lowest BCUT2D eigenvalue weighted by atomic mass is 10.0. The number of pyridine rings is 1. The number of carboxylic acids is 1. The van der Waals surface area contributed by atoms with Gasteiger partial charge in [0.05, 0.1) is 5.92 Å². The van der Waals surface area contributed by atoms with Crippen LogP contribution >= 0.6 is 0 Å². The maximum absolute atomic E-state index is 10.8. The van der Waals surface area contributed by atoms with Gasteiger partial charge in [0.2, 0.25) is 0 Å². The molecular formula is C11H13NO2. The van der Waals surface area contributed by atoms with E-state index in [-0.39, 0.29) is 5.92 Å². The molecule has 0 amide bonds. The van der Waals surface area contributed by atoms with Gasteiger partial charge in [-0.05, 0) is 37.3 Å². The van der Waals surface area contributed by atoms with Gasteiger partial charge in [-0.15, -0.1) is 0 Å². The highest BCUT2D eigenvalue weighted by atomic mass is 16.4. The summed E-state index contributed by atoms with van der Waals surface area (Å²) in [7, 11) is 0. The van der Waals surface area contributed by atoms with Gasteiger partial charge in [-0.3, -0.25) is 9.78 Å². The van der Waals surface area contributed by atoms with E-state index in [1.54, 1.807) is 6.20 Å². The molecule has 1 aliphatic carbocycles. The molecule has 0 unspecified atom stereocenters. The molecule has 3 nitrogen and oxygen atoms in total. The Balaban J connectivity index is 2.18. The van der Waals surface area contributed by atoms with Crippen LogP contribution < -0.4 is 0 Å². The molecule has 1 atom stereocenters. The Labute approximate surface area is 82.8 Å². The normalized spacial score (nSPS) is 21.0. The third kappa shape index (κ3) is 1.76. The molecule has 0 spiro atoms. The molecular weight excluding hydrogens is 178 g/mol. The summed E-state index contributed by atoms with van der Waals surface area (Å²) in [6.07, 6.45) is 4.89. The molecule has 1 aliphatic rings. The number of fused-ring (bicyclic) bond motifs is 1. The van der Waals surface area contributed by atoms with Crippen LogP contribution in [0, 0.1) is 5.92 Å². The van der Waals surface area contributed by atoms with Crippen molar-refractivity contribution in [3.05, 3.63) is 29.6 Å². The minimum Gasteiger partial charge on any atom is -0.481 e. The van der Waals surface area contributed by atoms with E-state index < -0.39 is 5.97 Å². The van der Waals surface area contributed by atoms with Gasteiger partial charge in [0, 0.05) is 11.9 Å². The molecule has 14 heavy (non-hydrogen) atoms. The molecule has 74 valence electrons. The SMILES string of the molecule is O=C(O)[C@H]1CCc2cccnc2CC1. The number of carboxylic acid groups (broad SMARTS) is 1. The maximum Gasteiger partial charge on any atom is 0.306 e. The van der Waals surface area contributed by atoms with Crippen molar-refractivity contribution in [3.8, 4) is 0 Å². The number of hydrogen-bond donors (Lipinski definition) is 1. The van der Waals surface area contributed by atoms with Gasteiger partial charge >= 0.3 is 5.97 Å². The van der Waals surface area contributed by atoms with E-state index in [0.717, 1.165) is 31.4 Å². The maximum atomic E-state index is 10.8. The zero-order chi connectivity index (χ0) is 9.97. The van der Waals surface area contributed by atoms with E-state index in [2.05, 4.69) is 4.98 Å². The van der Waals surface area contributed by atoms with Crippen LogP contribution in [-0.4, -0.2) is 16.1 Å². The first kappa shape index (κ1) is 9.19. The van der Waals surface area contributed by atoms with Gasteiger partial charge in [-0.25, -0.2) is 0 Å². The third-order valence-corrected chi connectivity index (χ3v) is 2.83. The topological polar surface area (TPSA) is 50.2 Å². The van der Waals surface area contributed by atoms with Crippen LogP contribution in [-0.2, 0) is 17.6 Å². The second-order valence-electron chi connectivity index (χ2n) is 3.72. The Bertz CT molecular complexity index is 322. The molecule has 0 saturated carbocycles. The zero-order valence-corrected chi connectivity index (χ0v) is 7.94. The van der Waals surface area contributed by atoms with Gasteiger partial charge in [0.1, 0.15) is 0 Å². The van der Waals surface area contributed by atoms with Crippen LogP contribution in [0.1, 0.15) is 24.1 Å². The highest BCUT2D eigenvalue weighted by Gasteiger charge is 2.21. The van der Waals surface area contributed by atoms with E-state index >= 15 is 0 Å². The van der Waals surface area contributed by atoms with E-state index in [9.17, 15) is 4.79 Å². The van der Waals surface area contributed by atoms with Crippen molar-refractivity contribution < 1.29 is 9.90 Å². The fourth-order valence-electron chi connectivity index (χ4n) is 1.96. The lowest BCUT2D eigenvalue weighted by Gasteiger charge is -2.05. The average molecular weight is 191 g/mol. The molecule has 0 fully saturated rings. The second kappa shape index (κ2) is 3.78. The summed E-state index contributed by atoms with van der Waals surface area (Å²) in [4.78, 5) is 15.1. The Morgan fingerprint density at radius 3 is 3.00 bits per heavy atom. The Morgan fingerprint density at radius 2 is 2.21 bits per heavy atom. The lowest BCUT2D eigenvalue weighted by molar-refractivity contribution is -0.142. The predicted molar refractivity (Wildman–Crippen MR) is 52.0 cm³/mol. The van der Waals surface area contributed by atoms with Crippen molar-refractivity contribution in [2.24, 2.45) is 5.92 Å². The van der Waals surface area contributed by atoms with Gasteiger partial charge in [0.15, 0.2) is 0 Å². The number of aliphatic carboxylic acids is 1. The Hall–Kier alpha value is -1.38. The highest BCUT2D eigenvalue weighted by Crippen LogP contribution is 2.22. The lowest BCUT2D eigenvalue weighted by Crippen LogP contribution is -2.13. The van der Waals surface area contributed by atoms with Crippen molar-refractivity contribution in [1.29, 1.82) is 0 Å². The van der Waals surface area contributed by atoms with Crippen LogP contribution in [0.5, 0.6) is 0 Å². The van der Waals surface area contributed by atoms with Gasteiger partial charge in [0.25, 0.3) is 0 Å². The molecule has 0 aromatic carbocycles. The smallest absolute Gasteiger partial charge is 0.306 e. The quantitative estimate of drug-likeness (QED) is 0.687. The summed E-state index contributed by atoms with van der Waals surface area (Å²) in [5, 5.41) is 8.92. The molecule has 1 heterocycles. The van der Waals surface area contributed by atoms with Crippen molar-refractivity contribution in [2.75, 3.05) is 0 Å². The number of aryl methyl sites for hydroxylation is 2. The van der Waals surface area contributed by atoms with E-state index in [4.69, 9.17) is 5.11 Å². The van der Waals surface area contributed by atoms with Crippen molar-refractivity contribution in [1.82, 2.24) is 4.98 Å². The molecule has 2 rings (SSSR count). The fraction of sp³-hybridized carbons (Fsp3) is 0.455. The number of rotatable bonds is 1. The van der Waals surface area contributed by atoms with Crippen LogP contribution in [0.15, 0.2) is 18.3 Å². The molecule has 0 aliphatic heterocycles. The van der Waals surface area contributed by atoms with Gasteiger partial charge in [-0.2, -0.15) is 0 Å². The summed E-state index contributed by atoms with van der Waals surface area (Å²) in [6.45, 7) is 0. The monoisotopic (exact) mass is 191 g/mol. The number of aromatic nitrogens is 1. The van der Waals surface area contributed by atoms with E-state index in [0.29, 0.717) is 0 Å².